The third-order valence-electron chi connectivity index (χ3n) is 5.04. The molecule has 2 aromatic carbocycles. The van der Waals surface area contributed by atoms with Crippen LogP contribution < -0.4 is 10.1 Å². The van der Waals surface area contributed by atoms with Gasteiger partial charge in [-0.05, 0) is 48.9 Å². The summed E-state index contributed by atoms with van der Waals surface area (Å²) >= 11 is 0. The van der Waals surface area contributed by atoms with E-state index in [0.717, 1.165) is 17.7 Å². The van der Waals surface area contributed by atoms with Crippen LogP contribution in [0.4, 0.5) is 23.5 Å². The lowest BCUT2D eigenvalue weighted by Gasteiger charge is -2.18. The third kappa shape index (κ3) is 3.91. The summed E-state index contributed by atoms with van der Waals surface area (Å²) in [5.41, 5.74) is -1.01. The molecular formula is C22H18F4N4O2. The van der Waals surface area contributed by atoms with Crippen molar-refractivity contribution >= 4 is 11.5 Å². The van der Waals surface area contributed by atoms with Crippen molar-refractivity contribution in [3.63, 3.8) is 0 Å². The Morgan fingerprint density at radius 2 is 1.88 bits per heavy atom. The van der Waals surface area contributed by atoms with Gasteiger partial charge in [0.25, 0.3) is 0 Å². The summed E-state index contributed by atoms with van der Waals surface area (Å²) in [5, 5.41) is 20.7. The number of alkyl halides is 3. The molecule has 0 aliphatic carbocycles. The first-order valence-corrected chi connectivity index (χ1v) is 9.53. The summed E-state index contributed by atoms with van der Waals surface area (Å²) in [4.78, 5) is 0. The highest BCUT2D eigenvalue weighted by molar-refractivity contribution is 5.81. The third-order valence-corrected chi connectivity index (χ3v) is 5.04. The van der Waals surface area contributed by atoms with Crippen LogP contribution in [0.2, 0.25) is 0 Å². The summed E-state index contributed by atoms with van der Waals surface area (Å²) < 4.78 is 62.1. The van der Waals surface area contributed by atoms with Gasteiger partial charge >= 0.3 is 6.18 Å². The molecule has 10 heteroatoms. The van der Waals surface area contributed by atoms with Gasteiger partial charge in [-0.25, -0.2) is 4.39 Å². The van der Waals surface area contributed by atoms with Crippen LogP contribution in [-0.4, -0.2) is 26.8 Å². The van der Waals surface area contributed by atoms with Crippen LogP contribution in [0, 0.1) is 5.82 Å². The lowest BCUT2D eigenvalue weighted by atomic mass is 10.0. The predicted octanol–water partition coefficient (Wildman–Crippen LogP) is 5.44. The molecule has 4 aromatic rings. The SMILES string of the molecule is COc1ccc(-c2nnc(NC(C)c3cccc(O)c3)n3ccc(F)c23)c(C(F)(F)F)c1. The first-order chi connectivity index (χ1) is 15.2. The average Bonchev–Trinajstić information content (AvgIpc) is 3.15. The van der Waals surface area contributed by atoms with Gasteiger partial charge in [0.15, 0.2) is 5.82 Å². The number of anilines is 1. The number of fused-ring (bicyclic) bond motifs is 1. The molecule has 2 aromatic heterocycles. The number of phenolic OH excluding ortho intramolecular Hbond substituents is 1. The van der Waals surface area contributed by atoms with Gasteiger partial charge in [0.05, 0.1) is 18.7 Å². The summed E-state index contributed by atoms with van der Waals surface area (Å²) in [5.74, 6) is -0.523. The number of rotatable bonds is 5. The summed E-state index contributed by atoms with van der Waals surface area (Å²) in [6, 6.07) is 10.7. The van der Waals surface area contributed by atoms with Crippen LogP contribution >= 0.6 is 0 Å². The molecule has 0 aliphatic heterocycles. The first kappa shape index (κ1) is 21.4. The second-order valence-electron chi connectivity index (χ2n) is 7.12. The average molecular weight is 446 g/mol. The number of nitrogens with zero attached hydrogens (tertiary/aromatic N) is 3. The first-order valence-electron chi connectivity index (χ1n) is 9.53. The van der Waals surface area contributed by atoms with Gasteiger partial charge in [0.1, 0.15) is 22.7 Å². The highest BCUT2D eigenvalue weighted by atomic mass is 19.4. The summed E-state index contributed by atoms with van der Waals surface area (Å²) in [7, 11) is 1.26. The molecule has 0 amide bonds. The van der Waals surface area contributed by atoms with E-state index in [1.54, 1.807) is 25.1 Å². The quantitative estimate of drug-likeness (QED) is 0.400. The van der Waals surface area contributed by atoms with E-state index >= 15 is 0 Å². The summed E-state index contributed by atoms with van der Waals surface area (Å²) in [6.45, 7) is 1.79. The molecule has 2 heterocycles. The van der Waals surface area contributed by atoms with E-state index in [-0.39, 0.29) is 40.3 Å². The van der Waals surface area contributed by atoms with E-state index in [4.69, 9.17) is 4.74 Å². The summed E-state index contributed by atoms with van der Waals surface area (Å²) in [6.07, 6.45) is -3.36. The zero-order valence-corrected chi connectivity index (χ0v) is 17.0. The minimum absolute atomic E-state index is 0.0131. The fourth-order valence-electron chi connectivity index (χ4n) is 3.45. The molecular weight excluding hydrogens is 428 g/mol. The maximum absolute atomic E-state index is 14.7. The van der Waals surface area contributed by atoms with Crippen LogP contribution in [-0.2, 0) is 6.18 Å². The molecule has 0 aliphatic rings. The number of aromatic hydroxyl groups is 1. The Morgan fingerprint density at radius 3 is 2.56 bits per heavy atom. The smallest absolute Gasteiger partial charge is 0.417 e. The predicted molar refractivity (Wildman–Crippen MR) is 110 cm³/mol. The molecule has 1 unspecified atom stereocenters. The number of nitrogens with one attached hydrogen (secondary N) is 1. The van der Waals surface area contributed by atoms with Crippen molar-refractivity contribution in [1.82, 2.24) is 14.6 Å². The minimum Gasteiger partial charge on any atom is -0.508 e. The maximum atomic E-state index is 14.7. The van der Waals surface area contributed by atoms with E-state index in [0.29, 0.717) is 0 Å². The maximum Gasteiger partial charge on any atom is 0.417 e. The number of aromatic nitrogens is 3. The molecule has 0 saturated carbocycles. The van der Waals surface area contributed by atoms with Crippen molar-refractivity contribution in [3.05, 3.63) is 71.7 Å². The van der Waals surface area contributed by atoms with Crippen LogP contribution in [0.15, 0.2) is 54.7 Å². The Kier molecular flexibility index (Phi) is 5.37. The van der Waals surface area contributed by atoms with E-state index in [2.05, 4.69) is 15.5 Å². The second-order valence-corrected chi connectivity index (χ2v) is 7.12. The van der Waals surface area contributed by atoms with Crippen molar-refractivity contribution in [3.8, 4) is 22.8 Å². The van der Waals surface area contributed by atoms with Gasteiger partial charge in [0.2, 0.25) is 5.95 Å². The largest absolute Gasteiger partial charge is 0.508 e. The Balaban J connectivity index is 1.83. The van der Waals surface area contributed by atoms with Crippen molar-refractivity contribution in [1.29, 1.82) is 0 Å². The van der Waals surface area contributed by atoms with Crippen molar-refractivity contribution in [2.24, 2.45) is 0 Å². The molecule has 0 spiro atoms. The van der Waals surface area contributed by atoms with Gasteiger partial charge in [-0.1, -0.05) is 12.1 Å². The number of benzene rings is 2. The molecule has 2 N–H and O–H groups in total. The molecule has 166 valence electrons. The zero-order valence-electron chi connectivity index (χ0n) is 17.0. The number of phenols is 1. The van der Waals surface area contributed by atoms with E-state index in [1.807, 2.05) is 0 Å². The molecule has 0 bridgehead atoms. The highest BCUT2D eigenvalue weighted by Gasteiger charge is 2.35. The van der Waals surface area contributed by atoms with Crippen LogP contribution in [0.1, 0.15) is 24.1 Å². The monoisotopic (exact) mass is 446 g/mol. The zero-order chi connectivity index (χ0) is 23.0. The highest BCUT2D eigenvalue weighted by Crippen LogP contribution is 2.40. The molecule has 0 fully saturated rings. The van der Waals surface area contributed by atoms with E-state index in [1.165, 1.54) is 35.9 Å². The topological polar surface area (TPSA) is 71.7 Å². The Bertz CT molecular complexity index is 1290. The number of halogens is 4. The fraction of sp³-hybridized carbons (Fsp3) is 0.182. The van der Waals surface area contributed by atoms with Crippen molar-refractivity contribution < 1.29 is 27.4 Å². The van der Waals surface area contributed by atoms with Gasteiger partial charge < -0.3 is 15.2 Å². The minimum atomic E-state index is -4.72. The van der Waals surface area contributed by atoms with E-state index in [9.17, 15) is 22.7 Å². The Hall–Kier alpha value is -3.82. The number of ether oxygens (including phenoxy) is 1. The molecule has 6 nitrogen and oxygen atoms in total. The second kappa shape index (κ2) is 8.03. The van der Waals surface area contributed by atoms with Gasteiger partial charge in [-0.15, -0.1) is 10.2 Å². The van der Waals surface area contributed by atoms with Crippen LogP contribution in [0.3, 0.4) is 0 Å². The molecule has 32 heavy (non-hydrogen) atoms. The molecule has 0 saturated heterocycles. The van der Waals surface area contributed by atoms with Crippen LogP contribution in [0.5, 0.6) is 11.5 Å². The van der Waals surface area contributed by atoms with Gasteiger partial charge in [-0.3, -0.25) is 4.40 Å². The Labute approximate surface area is 180 Å². The lowest BCUT2D eigenvalue weighted by Crippen LogP contribution is -2.14. The molecule has 4 rings (SSSR count). The lowest BCUT2D eigenvalue weighted by molar-refractivity contribution is -0.137. The standard InChI is InChI=1S/C22H18F4N4O2/c1-12(13-4-3-5-14(31)10-13)27-21-29-28-19(20-18(23)8-9-30(20)21)16-7-6-15(32-2)11-17(16)22(24,25)26/h3-12,31H,1-2H3,(H,27,29). The molecule has 1 atom stereocenters. The fourth-order valence-corrected chi connectivity index (χ4v) is 3.45. The van der Waals surface area contributed by atoms with Crippen molar-refractivity contribution in [2.75, 3.05) is 12.4 Å². The number of methoxy groups -OCH3 is 1. The van der Waals surface area contributed by atoms with E-state index < -0.39 is 17.6 Å². The van der Waals surface area contributed by atoms with Gasteiger partial charge in [0, 0.05) is 11.8 Å². The number of hydrogen-bond donors (Lipinski definition) is 2. The number of hydrogen-bond acceptors (Lipinski definition) is 5. The van der Waals surface area contributed by atoms with Crippen molar-refractivity contribution in [2.45, 2.75) is 19.1 Å². The van der Waals surface area contributed by atoms with Gasteiger partial charge in [-0.2, -0.15) is 13.2 Å². The normalized spacial score (nSPS) is 12.7. The Morgan fingerprint density at radius 1 is 1.09 bits per heavy atom. The molecule has 0 radical (unpaired) electrons. The van der Waals surface area contributed by atoms with Crippen LogP contribution in [0.25, 0.3) is 16.8 Å².